The number of aliphatic imine (C=N–C) groups is 1. The number of hydrogen-bond donors (Lipinski definition) is 2. The lowest BCUT2D eigenvalue weighted by Crippen LogP contribution is -2.40. The van der Waals surface area contributed by atoms with Crippen LogP contribution < -0.4 is 15.4 Å². The zero-order valence-electron chi connectivity index (χ0n) is 14.8. The Morgan fingerprint density at radius 1 is 1.15 bits per heavy atom. The summed E-state index contributed by atoms with van der Waals surface area (Å²) >= 11 is 0. The highest BCUT2D eigenvalue weighted by molar-refractivity contribution is 14.0. The molecular formula is C17H24IN3O4S. The second kappa shape index (κ2) is 11.1. The van der Waals surface area contributed by atoms with E-state index in [1.807, 2.05) is 12.1 Å². The van der Waals surface area contributed by atoms with E-state index in [1.165, 1.54) is 18.4 Å². The number of guanidine groups is 1. The van der Waals surface area contributed by atoms with E-state index in [9.17, 15) is 8.42 Å². The number of nitrogens with zero attached hydrogens (tertiary/aromatic N) is 1. The summed E-state index contributed by atoms with van der Waals surface area (Å²) < 4.78 is 33.6. The maximum absolute atomic E-state index is 11.4. The fourth-order valence-electron chi connectivity index (χ4n) is 2.10. The van der Waals surface area contributed by atoms with Gasteiger partial charge in [-0.2, -0.15) is 0 Å². The van der Waals surface area contributed by atoms with Gasteiger partial charge in [-0.3, -0.25) is 4.99 Å². The Bertz CT molecular complexity index is 775. The number of ether oxygens (including phenoxy) is 1. The van der Waals surface area contributed by atoms with Gasteiger partial charge < -0.3 is 19.8 Å². The number of sulfone groups is 1. The van der Waals surface area contributed by atoms with E-state index in [0.29, 0.717) is 31.4 Å². The van der Waals surface area contributed by atoms with Gasteiger partial charge >= 0.3 is 0 Å². The summed E-state index contributed by atoms with van der Waals surface area (Å²) in [6.45, 7) is 1.70. The molecule has 2 rings (SSSR count). The largest absolute Gasteiger partial charge is 0.492 e. The summed E-state index contributed by atoms with van der Waals surface area (Å²) in [5, 5.41) is 6.33. The third-order valence-electron chi connectivity index (χ3n) is 3.38. The van der Waals surface area contributed by atoms with Crippen LogP contribution in [0.1, 0.15) is 5.76 Å². The molecule has 0 aliphatic carbocycles. The lowest BCUT2D eigenvalue weighted by atomic mass is 10.3. The van der Waals surface area contributed by atoms with E-state index < -0.39 is 9.84 Å². The number of hydrogen-bond acceptors (Lipinski definition) is 5. The van der Waals surface area contributed by atoms with Crippen LogP contribution in [0.15, 0.2) is 57.0 Å². The molecule has 7 nitrogen and oxygen atoms in total. The minimum absolute atomic E-state index is 0. The van der Waals surface area contributed by atoms with Crippen LogP contribution in [-0.4, -0.2) is 47.4 Å². The standard InChI is InChI=1S/C17H23N3O4S.HI/c1-18-17(19-10-9-14-4-3-12-23-14)20-11-13-24-15-5-7-16(8-6-15)25(2,21)22;/h3-8,12H,9-11,13H2,1-2H3,(H2,18,19,20);1H. The fraction of sp³-hybridized carbons (Fsp3) is 0.353. The molecule has 0 atom stereocenters. The minimum atomic E-state index is -3.18. The molecule has 0 aliphatic heterocycles. The van der Waals surface area contributed by atoms with Crippen molar-refractivity contribution >= 4 is 39.8 Å². The smallest absolute Gasteiger partial charge is 0.191 e. The normalized spacial score (nSPS) is 11.5. The van der Waals surface area contributed by atoms with Crippen LogP contribution in [-0.2, 0) is 16.3 Å². The van der Waals surface area contributed by atoms with Crippen LogP contribution in [0, 0.1) is 0 Å². The van der Waals surface area contributed by atoms with Crippen molar-refractivity contribution < 1.29 is 17.6 Å². The highest BCUT2D eigenvalue weighted by atomic mass is 127. The molecule has 0 aliphatic rings. The molecule has 0 spiro atoms. The van der Waals surface area contributed by atoms with Crippen molar-refractivity contribution in [3.63, 3.8) is 0 Å². The van der Waals surface area contributed by atoms with Gasteiger partial charge in [-0.1, -0.05) is 0 Å². The number of nitrogens with one attached hydrogen (secondary N) is 2. The molecule has 0 radical (unpaired) electrons. The monoisotopic (exact) mass is 493 g/mol. The highest BCUT2D eigenvalue weighted by Crippen LogP contribution is 2.15. The summed E-state index contributed by atoms with van der Waals surface area (Å²) in [6.07, 6.45) is 3.61. The maximum atomic E-state index is 11.4. The molecule has 1 aromatic carbocycles. The molecular weight excluding hydrogens is 469 g/mol. The van der Waals surface area contributed by atoms with Gasteiger partial charge in [0.2, 0.25) is 0 Å². The van der Waals surface area contributed by atoms with Gasteiger partial charge in [-0.15, -0.1) is 24.0 Å². The Labute approximate surface area is 171 Å². The SMILES string of the molecule is CN=C(NCCOc1ccc(S(C)(=O)=O)cc1)NCCc1ccco1.I. The van der Waals surface area contributed by atoms with E-state index in [2.05, 4.69) is 15.6 Å². The van der Waals surface area contributed by atoms with Gasteiger partial charge in [-0.25, -0.2) is 8.42 Å². The zero-order chi connectivity index (χ0) is 18.1. The second-order valence-electron chi connectivity index (χ2n) is 5.35. The molecule has 0 bridgehead atoms. The molecule has 0 unspecified atom stereocenters. The predicted octanol–water partition coefficient (Wildman–Crippen LogP) is 2.09. The first-order valence-electron chi connectivity index (χ1n) is 7.89. The fourth-order valence-corrected chi connectivity index (χ4v) is 2.73. The molecule has 2 N–H and O–H groups in total. The lowest BCUT2D eigenvalue weighted by molar-refractivity contribution is 0.321. The van der Waals surface area contributed by atoms with Crippen molar-refractivity contribution in [2.75, 3.05) is 33.0 Å². The molecule has 9 heteroatoms. The van der Waals surface area contributed by atoms with Crippen LogP contribution >= 0.6 is 24.0 Å². The minimum Gasteiger partial charge on any atom is -0.492 e. The molecule has 2 aromatic rings. The van der Waals surface area contributed by atoms with Crippen LogP contribution in [0.3, 0.4) is 0 Å². The van der Waals surface area contributed by atoms with Crippen LogP contribution in [0.4, 0.5) is 0 Å². The highest BCUT2D eigenvalue weighted by Gasteiger charge is 2.06. The number of halogens is 1. The molecule has 26 heavy (non-hydrogen) atoms. The molecule has 1 heterocycles. The molecule has 0 saturated carbocycles. The maximum Gasteiger partial charge on any atom is 0.191 e. The average molecular weight is 493 g/mol. The summed E-state index contributed by atoms with van der Waals surface area (Å²) in [4.78, 5) is 4.41. The zero-order valence-corrected chi connectivity index (χ0v) is 17.9. The Kier molecular flexibility index (Phi) is 9.49. The van der Waals surface area contributed by atoms with Gasteiger partial charge in [0.1, 0.15) is 18.1 Å². The van der Waals surface area contributed by atoms with E-state index in [-0.39, 0.29) is 28.9 Å². The molecule has 144 valence electrons. The van der Waals surface area contributed by atoms with Gasteiger partial charge in [-0.05, 0) is 36.4 Å². The first-order valence-corrected chi connectivity index (χ1v) is 9.78. The van der Waals surface area contributed by atoms with Crippen LogP contribution in [0.2, 0.25) is 0 Å². The summed E-state index contributed by atoms with van der Waals surface area (Å²) in [6, 6.07) is 10.2. The average Bonchev–Trinajstić information content (AvgIpc) is 3.10. The molecule has 0 amide bonds. The van der Waals surface area contributed by atoms with Crippen molar-refractivity contribution in [3.8, 4) is 5.75 Å². The van der Waals surface area contributed by atoms with Crippen LogP contribution in [0.5, 0.6) is 5.75 Å². The van der Waals surface area contributed by atoms with Gasteiger partial charge in [0, 0.05) is 26.3 Å². The van der Waals surface area contributed by atoms with Crippen molar-refractivity contribution in [3.05, 3.63) is 48.4 Å². The number of furan rings is 1. The topological polar surface area (TPSA) is 92.9 Å². The van der Waals surface area contributed by atoms with Crippen molar-refractivity contribution in [2.45, 2.75) is 11.3 Å². The van der Waals surface area contributed by atoms with Crippen molar-refractivity contribution in [1.29, 1.82) is 0 Å². The Hall–Kier alpha value is -1.75. The van der Waals surface area contributed by atoms with Crippen molar-refractivity contribution in [1.82, 2.24) is 10.6 Å². The molecule has 0 saturated heterocycles. The Balaban J connectivity index is 0.00000338. The first-order chi connectivity index (χ1) is 12.0. The third-order valence-corrected chi connectivity index (χ3v) is 4.51. The molecule has 0 fully saturated rings. The van der Waals surface area contributed by atoms with Gasteiger partial charge in [0.05, 0.1) is 17.7 Å². The van der Waals surface area contributed by atoms with Crippen LogP contribution in [0.25, 0.3) is 0 Å². The van der Waals surface area contributed by atoms with E-state index in [4.69, 9.17) is 9.15 Å². The number of rotatable bonds is 8. The predicted molar refractivity (Wildman–Crippen MR) is 112 cm³/mol. The second-order valence-corrected chi connectivity index (χ2v) is 7.36. The van der Waals surface area contributed by atoms with Gasteiger partial charge in [0.25, 0.3) is 0 Å². The first kappa shape index (κ1) is 22.3. The number of benzene rings is 1. The van der Waals surface area contributed by atoms with Crippen molar-refractivity contribution in [2.24, 2.45) is 4.99 Å². The summed E-state index contributed by atoms with van der Waals surface area (Å²) in [5.41, 5.74) is 0. The Morgan fingerprint density at radius 2 is 1.85 bits per heavy atom. The molecule has 1 aromatic heterocycles. The quantitative estimate of drug-likeness (QED) is 0.253. The summed E-state index contributed by atoms with van der Waals surface area (Å²) in [7, 11) is -1.48. The third kappa shape index (κ3) is 7.65. The van der Waals surface area contributed by atoms with E-state index in [0.717, 1.165) is 12.2 Å². The Morgan fingerprint density at radius 3 is 2.42 bits per heavy atom. The lowest BCUT2D eigenvalue weighted by Gasteiger charge is -2.12. The van der Waals surface area contributed by atoms with E-state index >= 15 is 0 Å². The van der Waals surface area contributed by atoms with E-state index in [1.54, 1.807) is 25.4 Å². The summed E-state index contributed by atoms with van der Waals surface area (Å²) in [5.74, 6) is 2.22. The van der Waals surface area contributed by atoms with Gasteiger partial charge in [0.15, 0.2) is 15.8 Å².